The molecular weight excluding hydrogens is 168 g/mol. The zero-order valence-corrected chi connectivity index (χ0v) is 9.55. The van der Waals surface area contributed by atoms with Crippen molar-refractivity contribution in [3.8, 4) is 0 Å². The first-order valence-electron chi connectivity index (χ1n) is 3.52. The monoisotopic (exact) mass is 184 g/mol. The summed E-state index contributed by atoms with van der Waals surface area (Å²) in [6, 6.07) is 0. The van der Waals surface area contributed by atoms with Crippen molar-refractivity contribution in [3.05, 3.63) is 0 Å². The van der Waals surface area contributed by atoms with E-state index in [1.54, 1.807) is 20.8 Å². The van der Waals surface area contributed by atoms with Crippen LogP contribution in [0.2, 0.25) is 0 Å². The Morgan fingerprint density at radius 1 is 1.33 bits per heavy atom. The summed E-state index contributed by atoms with van der Waals surface area (Å²) in [5.41, 5.74) is -0.494. The van der Waals surface area contributed by atoms with Crippen LogP contribution in [0.4, 0.5) is 0 Å². The molecule has 0 spiro atoms. The molecule has 4 heteroatoms. The van der Waals surface area contributed by atoms with Crippen LogP contribution in [-0.2, 0) is 14.3 Å². The molecule has 0 aromatic heterocycles. The first-order chi connectivity index (χ1) is 4.81. The molecule has 0 radical (unpaired) electrons. The van der Waals surface area contributed by atoms with Crippen LogP contribution in [0.5, 0.6) is 0 Å². The molecule has 0 aromatic carbocycles. The molecule has 0 N–H and O–H groups in total. The second-order valence-electron chi connectivity index (χ2n) is 3.47. The van der Waals surface area contributed by atoms with Gasteiger partial charge in [-0.05, 0) is 27.7 Å². The number of hydrogen-bond donors (Lipinski definition) is 0. The van der Waals surface area contributed by atoms with Gasteiger partial charge >= 0.3 is 29.0 Å². The van der Waals surface area contributed by atoms with Gasteiger partial charge in [0.15, 0.2) is 0 Å². The van der Waals surface area contributed by atoms with Gasteiger partial charge in [-0.15, -0.1) is 0 Å². The third-order valence-corrected chi connectivity index (χ3v) is 0.813. The number of hydrogen-bond acceptors (Lipinski definition) is 3. The van der Waals surface area contributed by atoms with Crippen molar-refractivity contribution in [1.29, 1.82) is 0 Å². The van der Waals surface area contributed by atoms with E-state index in [0.717, 1.165) is 0 Å². The molecule has 0 atom stereocenters. The maximum Gasteiger partial charge on any atom is 2.00 e. The van der Waals surface area contributed by atoms with Gasteiger partial charge in [0, 0.05) is 0 Å². The van der Waals surface area contributed by atoms with Gasteiger partial charge in [0.25, 0.3) is 0 Å². The Bertz CT molecular complexity index is 178. The number of rotatable bonds is 2. The van der Waals surface area contributed by atoms with Crippen LogP contribution in [0, 0.1) is 0 Å². The summed E-state index contributed by atoms with van der Waals surface area (Å²) in [5.74, 6) is -0.621. The van der Waals surface area contributed by atoms with Crippen LogP contribution in [-0.4, -0.2) is 40.4 Å². The fourth-order valence-corrected chi connectivity index (χ4v) is 0.581. The minimum absolute atomic E-state index is 0. The molecule has 0 aliphatic rings. The Morgan fingerprint density at radius 2 is 1.75 bits per heavy atom. The predicted octanol–water partition coefficient (Wildman–Crippen LogP) is 1.15. The molecule has 0 rings (SSSR count). The number of ether oxygens (including phenoxy) is 1. The second kappa shape index (κ2) is 5.53. The van der Waals surface area contributed by atoms with E-state index in [1.807, 2.05) is 0 Å². The largest absolute Gasteiger partial charge is 2.00 e. The third kappa shape index (κ3) is 9.91. The Balaban J connectivity index is -0.000000167. The minimum Gasteiger partial charge on any atom is -1.00 e. The second-order valence-corrected chi connectivity index (χ2v) is 3.47. The zero-order chi connectivity index (χ0) is 9.07. The first-order valence-corrected chi connectivity index (χ1v) is 3.52. The van der Waals surface area contributed by atoms with Crippen molar-refractivity contribution in [2.24, 2.45) is 0 Å². The molecule has 12 heavy (non-hydrogen) atoms. The fraction of sp³-hybridized carbons (Fsp3) is 0.750. The van der Waals surface area contributed by atoms with Gasteiger partial charge in [0.2, 0.25) is 0 Å². The smallest absolute Gasteiger partial charge is 1.00 e. The summed E-state index contributed by atoms with van der Waals surface area (Å²) in [5, 5.41) is 0. The maximum atomic E-state index is 10.8. The SMILES string of the molecule is CC(=O)CC(=O)OC(C)(C)C.[H-].[H-].[Mg+2]. The van der Waals surface area contributed by atoms with Crippen LogP contribution >= 0.6 is 0 Å². The average molecular weight is 185 g/mol. The van der Waals surface area contributed by atoms with E-state index in [0.29, 0.717) is 0 Å². The van der Waals surface area contributed by atoms with Crippen LogP contribution in [0.1, 0.15) is 37.0 Å². The first kappa shape index (κ1) is 14.4. The summed E-state index contributed by atoms with van der Waals surface area (Å²) >= 11 is 0. The van der Waals surface area contributed by atoms with Crippen molar-refractivity contribution in [3.63, 3.8) is 0 Å². The van der Waals surface area contributed by atoms with Crippen molar-refractivity contribution >= 4 is 34.8 Å². The summed E-state index contributed by atoms with van der Waals surface area (Å²) < 4.78 is 4.89. The van der Waals surface area contributed by atoms with Gasteiger partial charge in [-0.1, -0.05) is 0 Å². The molecule has 0 bridgehead atoms. The molecule has 0 saturated carbocycles. The van der Waals surface area contributed by atoms with Crippen molar-refractivity contribution in [2.45, 2.75) is 39.7 Å². The molecule has 0 heterocycles. The van der Waals surface area contributed by atoms with E-state index >= 15 is 0 Å². The Labute approximate surface area is 92.0 Å². The molecular formula is C8H16MgO3. The van der Waals surface area contributed by atoms with E-state index in [2.05, 4.69) is 0 Å². The van der Waals surface area contributed by atoms with Gasteiger partial charge < -0.3 is 7.59 Å². The van der Waals surface area contributed by atoms with E-state index in [-0.39, 0.29) is 38.1 Å². The Kier molecular flexibility index (Phi) is 6.66. The molecule has 68 valence electrons. The molecule has 0 aliphatic carbocycles. The van der Waals surface area contributed by atoms with Crippen molar-refractivity contribution < 1.29 is 17.2 Å². The number of carbonyl (C=O) groups excluding carboxylic acids is 2. The van der Waals surface area contributed by atoms with Crippen LogP contribution in [0.25, 0.3) is 0 Å². The van der Waals surface area contributed by atoms with Gasteiger partial charge in [0.05, 0.1) is 0 Å². The summed E-state index contributed by atoms with van der Waals surface area (Å²) in [4.78, 5) is 21.3. The van der Waals surface area contributed by atoms with E-state index in [1.165, 1.54) is 6.92 Å². The maximum absolute atomic E-state index is 10.8. The molecule has 3 nitrogen and oxygen atoms in total. The third-order valence-electron chi connectivity index (χ3n) is 0.813. The molecule has 0 aromatic rings. The number of Topliss-reactive ketones (excluding diaryl/α,β-unsaturated/α-hetero) is 1. The van der Waals surface area contributed by atoms with E-state index < -0.39 is 11.6 Å². The summed E-state index contributed by atoms with van der Waals surface area (Å²) in [6.45, 7) is 6.67. The van der Waals surface area contributed by atoms with Gasteiger partial charge in [-0.2, -0.15) is 0 Å². The topological polar surface area (TPSA) is 43.4 Å². The number of ketones is 1. The van der Waals surface area contributed by atoms with Crippen LogP contribution in [0.3, 0.4) is 0 Å². The van der Waals surface area contributed by atoms with Crippen molar-refractivity contribution in [1.82, 2.24) is 0 Å². The standard InChI is InChI=1S/C8H14O3.Mg.2H/c1-6(9)5-7(10)11-8(2,3)4;;;/h5H2,1-4H3;;;/q;+2;2*-1. The van der Waals surface area contributed by atoms with Gasteiger partial charge in [-0.25, -0.2) is 0 Å². The van der Waals surface area contributed by atoms with E-state index in [9.17, 15) is 9.59 Å². The zero-order valence-electron chi connectivity index (χ0n) is 10.1. The Morgan fingerprint density at radius 3 is 2.00 bits per heavy atom. The van der Waals surface area contributed by atoms with Crippen LogP contribution in [0.15, 0.2) is 0 Å². The number of carbonyl (C=O) groups is 2. The average Bonchev–Trinajstić information content (AvgIpc) is 1.53. The molecule has 0 aliphatic heterocycles. The quantitative estimate of drug-likeness (QED) is 0.367. The molecule has 0 saturated heterocycles. The van der Waals surface area contributed by atoms with Gasteiger partial charge in [0.1, 0.15) is 17.8 Å². The predicted molar refractivity (Wildman–Crippen MR) is 49.1 cm³/mol. The molecule has 0 unspecified atom stereocenters. The minimum atomic E-state index is -0.494. The summed E-state index contributed by atoms with van der Waals surface area (Å²) in [7, 11) is 0. The molecule has 0 fully saturated rings. The van der Waals surface area contributed by atoms with Crippen LogP contribution < -0.4 is 0 Å². The fourth-order valence-electron chi connectivity index (χ4n) is 0.581. The summed E-state index contributed by atoms with van der Waals surface area (Å²) in [6.07, 6.45) is -0.128. The Hall–Kier alpha value is -0.0938. The number of esters is 1. The van der Waals surface area contributed by atoms with Gasteiger partial charge in [-0.3, -0.25) is 9.59 Å². The normalized spacial score (nSPS) is 10.0. The molecule has 0 amide bonds. The van der Waals surface area contributed by atoms with E-state index in [4.69, 9.17) is 4.74 Å². The van der Waals surface area contributed by atoms with Crippen molar-refractivity contribution in [2.75, 3.05) is 0 Å².